The minimum absolute atomic E-state index is 0.0716. The first-order chi connectivity index (χ1) is 7.86. The molecule has 2 N–H and O–H groups in total. The summed E-state index contributed by atoms with van der Waals surface area (Å²) in [5.74, 6) is 1.48. The lowest BCUT2D eigenvalue weighted by Gasteiger charge is -2.25. The van der Waals surface area contributed by atoms with Gasteiger partial charge >= 0.3 is 0 Å². The van der Waals surface area contributed by atoms with Crippen LogP contribution in [0.1, 0.15) is 38.5 Å². The fourth-order valence-corrected chi connectivity index (χ4v) is 3.62. The van der Waals surface area contributed by atoms with Gasteiger partial charge in [0.15, 0.2) is 0 Å². The molecule has 2 rings (SSSR count). The number of carbonyl (C=O) groups is 1. The van der Waals surface area contributed by atoms with Crippen molar-refractivity contribution < 1.29 is 4.79 Å². The van der Waals surface area contributed by atoms with Gasteiger partial charge in [-0.25, -0.2) is 0 Å². The van der Waals surface area contributed by atoms with Gasteiger partial charge in [0.1, 0.15) is 0 Å². The molecule has 2 saturated heterocycles. The second-order valence-electron chi connectivity index (χ2n) is 4.74. The van der Waals surface area contributed by atoms with Gasteiger partial charge in [-0.1, -0.05) is 12.8 Å². The van der Waals surface area contributed by atoms with Crippen LogP contribution in [0.5, 0.6) is 0 Å². The fourth-order valence-electron chi connectivity index (χ4n) is 2.38. The van der Waals surface area contributed by atoms with E-state index >= 15 is 0 Å². The molecule has 1 amide bonds. The van der Waals surface area contributed by atoms with Crippen LogP contribution in [0, 0.1) is 0 Å². The van der Waals surface area contributed by atoms with Gasteiger partial charge in [-0.2, -0.15) is 11.8 Å². The highest BCUT2D eigenvalue weighted by atomic mass is 32.2. The van der Waals surface area contributed by atoms with Gasteiger partial charge in [0.2, 0.25) is 5.91 Å². The van der Waals surface area contributed by atoms with Crippen LogP contribution in [0.15, 0.2) is 0 Å². The summed E-state index contributed by atoms with van der Waals surface area (Å²) in [7, 11) is 0. The largest absolute Gasteiger partial charge is 0.354 e. The van der Waals surface area contributed by atoms with Crippen LogP contribution in [-0.2, 0) is 4.79 Å². The molecule has 0 spiro atoms. The molecule has 2 heterocycles. The predicted molar refractivity (Wildman–Crippen MR) is 68.7 cm³/mol. The SMILES string of the molecule is O=C(NCC1CCCCS1)C1CCCCN1. The molecule has 2 aliphatic rings. The van der Waals surface area contributed by atoms with E-state index in [0.717, 1.165) is 19.5 Å². The fraction of sp³-hybridized carbons (Fsp3) is 0.917. The Bertz CT molecular complexity index is 223. The highest BCUT2D eigenvalue weighted by Crippen LogP contribution is 2.24. The summed E-state index contributed by atoms with van der Waals surface area (Å²) in [6.45, 7) is 1.86. The molecule has 2 fully saturated rings. The van der Waals surface area contributed by atoms with Crippen molar-refractivity contribution in [2.75, 3.05) is 18.8 Å². The molecule has 0 aromatic rings. The molecule has 0 aromatic carbocycles. The van der Waals surface area contributed by atoms with Gasteiger partial charge in [0.05, 0.1) is 6.04 Å². The number of thioether (sulfide) groups is 1. The van der Waals surface area contributed by atoms with Crippen LogP contribution in [0.2, 0.25) is 0 Å². The minimum Gasteiger partial charge on any atom is -0.354 e. The number of carbonyl (C=O) groups excluding carboxylic acids is 1. The molecule has 0 aromatic heterocycles. The second kappa shape index (κ2) is 6.50. The lowest BCUT2D eigenvalue weighted by Crippen LogP contribution is -2.48. The van der Waals surface area contributed by atoms with Gasteiger partial charge in [0.25, 0.3) is 0 Å². The molecule has 0 radical (unpaired) electrons. The quantitative estimate of drug-likeness (QED) is 0.788. The summed E-state index contributed by atoms with van der Waals surface area (Å²) in [4.78, 5) is 11.9. The second-order valence-corrected chi connectivity index (χ2v) is 6.14. The molecule has 2 unspecified atom stereocenters. The average Bonchev–Trinajstić information content (AvgIpc) is 2.38. The van der Waals surface area contributed by atoms with E-state index < -0.39 is 0 Å². The lowest BCUT2D eigenvalue weighted by molar-refractivity contribution is -0.123. The first-order valence-electron chi connectivity index (χ1n) is 6.49. The van der Waals surface area contributed by atoms with E-state index in [-0.39, 0.29) is 11.9 Å². The highest BCUT2D eigenvalue weighted by Gasteiger charge is 2.21. The maximum atomic E-state index is 11.9. The van der Waals surface area contributed by atoms with E-state index in [1.54, 1.807) is 0 Å². The molecule has 2 atom stereocenters. The Morgan fingerprint density at radius 3 is 2.81 bits per heavy atom. The van der Waals surface area contributed by atoms with Crippen LogP contribution in [0.4, 0.5) is 0 Å². The van der Waals surface area contributed by atoms with Gasteiger partial charge in [-0.3, -0.25) is 4.79 Å². The van der Waals surface area contributed by atoms with Gasteiger partial charge in [-0.15, -0.1) is 0 Å². The first-order valence-corrected chi connectivity index (χ1v) is 7.54. The standard InChI is InChI=1S/C12H22N2OS/c15-12(11-6-1-3-7-13-11)14-9-10-5-2-4-8-16-10/h10-11,13H,1-9H2,(H,14,15). The zero-order chi connectivity index (χ0) is 11.2. The molecule has 3 nitrogen and oxygen atoms in total. The van der Waals surface area contributed by atoms with Crippen LogP contribution < -0.4 is 10.6 Å². The third kappa shape index (κ3) is 3.67. The van der Waals surface area contributed by atoms with Crippen LogP contribution in [0.25, 0.3) is 0 Å². The number of hydrogen-bond donors (Lipinski definition) is 2. The Balaban J connectivity index is 1.65. The van der Waals surface area contributed by atoms with Crippen LogP contribution in [0.3, 0.4) is 0 Å². The third-order valence-corrected chi connectivity index (χ3v) is 4.80. The molecule has 2 aliphatic heterocycles. The number of nitrogens with one attached hydrogen (secondary N) is 2. The maximum Gasteiger partial charge on any atom is 0.237 e. The monoisotopic (exact) mass is 242 g/mol. The maximum absolute atomic E-state index is 11.9. The Kier molecular flexibility index (Phi) is 4.97. The average molecular weight is 242 g/mol. The van der Waals surface area contributed by atoms with E-state index in [4.69, 9.17) is 0 Å². The minimum atomic E-state index is 0.0716. The summed E-state index contributed by atoms with van der Waals surface area (Å²) < 4.78 is 0. The van der Waals surface area contributed by atoms with Gasteiger partial charge in [0, 0.05) is 11.8 Å². The van der Waals surface area contributed by atoms with E-state index in [0.29, 0.717) is 5.25 Å². The first kappa shape index (κ1) is 12.2. The molecular formula is C12H22N2OS. The Labute approximate surface area is 102 Å². The molecule has 0 aliphatic carbocycles. The third-order valence-electron chi connectivity index (χ3n) is 3.40. The van der Waals surface area contributed by atoms with Crippen molar-refractivity contribution in [3.8, 4) is 0 Å². The van der Waals surface area contributed by atoms with Crippen molar-refractivity contribution >= 4 is 17.7 Å². The highest BCUT2D eigenvalue weighted by molar-refractivity contribution is 7.99. The zero-order valence-corrected chi connectivity index (χ0v) is 10.7. The molecule has 16 heavy (non-hydrogen) atoms. The number of amides is 1. The predicted octanol–water partition coefficient (Wildman–Crippen LogP) is 1.53. The summed E-state index contributed by atoms with van der Waals surface area (Å²) in [6, 6.07) is 0.0716. The Morgan fingerprint density at radius 2 is 2.12 bits per heavy atom. The molecule has 92 valence electrons. The molecule has 0 saturated carbocycles. The van der Waals surface area contributed by atoms with E-state index in [1.165, 1.54) is 37.9 Å². The van der Waals surface area contributed by atoms with Crippen molar-refractivity contribution in [1.82, 2.24) is 10.6 Å². The summed E-state index contributed by atoms with van der Waals surface area (Å²) in [5, 5.41) is 7.04. The summed E-state index contributed by atoms with van der Waals surface area (Å²) in [6.07, 6.45) is 7.34. The van der Waals surface area contributed by atoms with Crippen molar-refractivity contribution in [1.29, 1.82) is 0 Å². The summed E-state index contributed by atoms with van der Waals surface area (Å²) in [5.41, 5.74) is 0. The van der Waals surface area contributed by atoms with Gasteiger partial charge in [-0.05, 0) is 38.0 Å². The van der Waals surface area contributed by atoms with E-state index in [9.17, 15) is 4.79 Å². The van der Waals surface area contributed by atoms with Crippen LogP contribution >= 0.6 is 11.8 Å². The number of piperidine rings is 1. The Hall–Kier alpha value is -0.220. The number of hydrogen-bond acceptors (Lipinski definition) is 3. The summed E-state index contributed by atoms with van der Waals surface area (Å²) >= 11 is 2.02. The van der Waals surface area contributed by atoms with Crippen molar-refractivity contribution in [2.24, 2.45) is 0 Å². The van der Waals surface area contributed by atoms with Crippen LogP contribution in [-0.4, -0.2) is 36.0 Å². The van der Waals surface area contributed by atoms with Gasteiger partial charge < -0.3 is 10.6 Å². The molecule has 4 heteroatoms. The Morgan fingerprint density at radius 1 is 1.25 bits per heavy atom. The normalized spacial score (nSPS) is 31.0. The smallest absolute Gasteiger partial charge is 0.237 e. The number of rotatable bonds is 3. The van der Waals surface area contributed by atoms with Crippen molar-refractivity contribution in [2.45, 2.75) is 49.8 Å². The van der Waals surface area contributed by atoms with E-state index in [1.807, 2.05) is 11.8 Å². The van der Waals surface area contributed by atoms with Crippen molar-refractivity contribution in [3.63, 3.8) is 0 Å². The van der Waals surface area contributed by atoms with E-state index in [2.05, 4.69) is 10.6 Å². The molecule has 0 bridgehead atoms. The zero-order valence-electron chi connectivity index (χ0n) is 9.84. The van der Waals surface area contributed by atoms with Crippen molar-refractivity contribution in [3.05, 3.63) is 0 Å². The topological polar surface area (TPSA) is 41.1 Å². The lowest BCUT2D eigenvalue weighted by atomic mass is 10.0. The molecular weight excluding hydrogens is 220 g/mol.